The van der Waals surface area contributed by atoms with Gasteiger partial charge in [0.25, 0.3) is 0 Å². The van der Waals surface area contributed by atoms with Crippen molar-refractivity contribution in [1.29, 1.82) is 0 Å². The van der Waals surface area contributed by atoms with Crippen LogP contribution in [0.25, 0.3) is 0 Å². The number of carbonyl (C=O) groups excluding carboxylic acids is 1. The highest BCUT2D eigenvalue weighted by Gasteiger charge is 2.52. The lowest BCUT2D eigenvalue weighted by molar-refractivity contribution is -0.137. The number of nitrogens with zero attached hydrogens (tertiary/aromatic N) is 2. The SMILES string of the molecule is CCC1C(=O)N(c2cc(C(F)(F)F)ccn2)CC12CCNCC2.Cl. The first-order chi connectivity index (χ1) is 10.9. The monoisotopic (exact) mass is 363 g/mol. The van der Waals surface area contributed by atoms with Gasteiger partial charge in [-0.05, 0) is 44.5 Å². The lowest BCUT2D eigenvalue weighted by Crippen LogP contribution is -2.42. The highest BCUT2D eigenvalue weighted by Crippen LogP contribution is 2.47. The molecule has 2 saturated heterocycles. The summed E-state index contributed by atoms with van der Waals surface area (Å²) in [6.45, 7) is 4.11. The number of hydrogen-bond donors (Lipinski definition) is 1. The lowest BCUT2D eigenvalue weighted by atomic mass is 9.70. The Morgan fingerprint density at radius 1 is 1.38 bits per heavy atom. The second-order valence-electron chi connectivity index (χ2n) is 6.40. The Bertz CT molecular complexity index is 602. The molecule has 0 saturated carbocycles. The minimum atomic E-state index is -4.43. The molecule has 1 aromatic rings. The van der Waals surface area contributed by atoms with Gasteiger partial charge in [-0.15, -0.1) is 12.4 Å². The zero-order valence-corrected chi connectivity index (χ0v) is 14.2. The summed E-state index contributed by atoms with van der Waals surface area (Å²) in [6, 6.07) is 1.91. The van der Waals surface area contributed by atoms with E-state index in [0.717, 1.165) is 44.3 Å². The van der Waals surface area contributed by atoms with Crippen molar-refractivity contribution in [2.24, 2.45) is 11.3 Å². The number of amides is 1. The number of anilines is 1. The summed E-state index contributed by atoms with van der Waals surface area (Å²) in [4.78, 5) is 18.2. The van der Waals surface area contributed by atoms with Crippen LogP contribution in [0.1, 0.15) is 31.7 Å². The summed E-state index contributed by atoms with van der Waals surface area (Å²) in [6.07, 6.45) is -0.870. The van der Waals surface area contributed by atoms with Gasteiger partial charge in [0.2, 0.25) is 5.91 Å². The second kappa shape index (κ2) is 6.88. The zero-order valence-electron chi connectivity index (χ0n) is 13.4. The number of hydrogen-bond acceptors (Lipinski definition) is 3. The van der Waals surface area contributed by atoms with E-state index in [4.69, 9.17) is 0 Å². The predicted octanol–water partition coefficient (Wildman–Crippen LogP) is 3.26. The third kappa shape index (κ3) is 3.24. The van der Waals surface area contributed by atoms with Gasteiger partial charge in [0.1, 0.15) is 5.82 Å². The minimum Gasteiger partial charge on any atom is -0.317 e. The summed E-state index contributed by atoms with van der Waals surface area (Å²) in [7, 11) is 0. The zero-order chi connectivity index (χ0) is 16.7. The molecule has 3 rings (SSSR count). The van der Waals surface area contributed by atoms with Gasteiger partial charge in [-0.2, -0.15) is 13.2 Å². The fourth-order valence-corrected chi connectivity index (χ4v) is 3.93. The highest BCUT2D eigenvalue weighted by atomic mass is 35.5. The molecule has 24 heavy (non-hydrogen) atoms. The molecule has 134 valence electrons. The van der Waals surface area contributed by atoms with Crippen LogP contribution in [-0.2, 0) is 11.0 Å². The van der Waals surface area contributed by atoms with Crippen molar-refractivity contribution in [2.75, 3.05) is 24.5 Å². The molecule has 0 aromatic carbocycles. The number of pyridine rings is 1. The fraction of sp³-hybridized carbons (Fsp3) is 0.625. The van der Waals surface area contributed by atoms with Gasteiger partial charge in [-0.25, -0.2) is 4.98 Å². The molecule has 1 unspecified atom stereocenters. The third-order valence-corrected chi connectivity index (χ3v) is 5.13. The van der Waals surface area contributed by atoms with Crippen molar-refractivity contribution in [3.8, 4) is 0 Å². The lowest BCUT2D eigenvalue weighted by Gasteiger charge is -2.37. The van der Waals surface area contributed by atoms with Crippen molar-refractivity contribution in [2.45, 2.75) is 32.4 Å². The van der Waals surface area contributed by atoms with E-state index in [2.05, 4.69) is 10.3 Å². The van der Waals surface area contributed by atoms with Crippen molar-refractivity contribution >= 4 is 24.1 Å². The topological polar surface area (TPSA) is 45.2 Å². The first-order valence-corrected chi connectivity index (χ1v) is 7.93. The smallest absolute Gasteiger partial charge is 0.317 e. The van der Waals surface area contributed by atoms with E-state index in [1.165, 1.54) is 4.90 Å². The molecule has 0 radical (unpaired) electrons. The van der Waals surface area contributed by atoms with Crippen LogP contribution < -0.4 is 10.2 Å². The van der Waals surface area contributed by atoms with Gasteiger partial charge in [0, 0.05) is 24.1 Å². The summed E-state index contributed by atoms with van der Waals surface area (Å²) in [5, 5.41) is 3.28. The van der Waals surface area contributed by atoms with Crippen LogP contribution in [0.15, 0.2) is 18.3 Å². The highest BCUT2D eigenvalue weighted by molar-refractivity contribution is 5.97. The number of piperidine rings is 1. The molecule has 0 aliphatic carbocycles. The van der Waals surface area contributed by atoms with E-state index in [1.54, 1.807) is 0 Å². The van der Waals surface area contributed by atoms with Gasteiger partial charge in [0.15, 0.2) is 0 Å². The van der Waals surface area contributed by atoms with E-state index in [9.17, 15) is 18.0 Å². The Morgan fingerprint density at radius 3 is 2.62 bits per heavy atom. The Hall–Kier alpha value is -1.34. The summed E-state index contributed by atoms with van der Waals surface area (Å²) in [5.41, 5.74) is -0.915. The van der Waals surface area contributed by atoms with Crippen LogP contribution in [-0.4, -0.2) is 30.5 Å². The maximum atomic E-state index is 12.9. The van der Waals surface area contributed by atoms with Crippen LogP contribution in [0.5, 0.6) is 0 Å². The number of alkyl halides is 3. The van der Waals surface area contributed by atoms with Gasteiger partial charge < -0.3 is 5.32 Å². The van der Waals surface area contributed by atoms with Crippen LogP contribution >= 0.6 is 12.4 Å². The predicted molar refractivity (Wildman–Crippen MR) is 87.2 cm³/mol. The molecule has 2 fully saturated rings. The molecule has 2 aliphatic heterocycles. The van der Waals surface area contributed by atoms with Crippen LogP contribution in [0.2, 0.25) is 0 Å². The normalized spacial score (nSPS) is 23.4. The molecular weight excluding hydrogens is 343 g/mol. The van der Waals surface area contributed by atoms with Gasteiger partial charge in [-0.3, -0.25) is 9.69 Å². The van der Waals surface area contributed by atoms with Crippen LogP contribution in [0.4, 0.5) is 19.0 Å². The maximum absolute atomic E-state index is 12.9. The molecular formula is C16H21ClF3N3O. The van der Waals surface area contributed by atoms with Crippen LogP contribution in [0, 0.1) is 11.3 Å². The molecule has 8 heteroatoms. The number of carbonyl (C=O) groups is 1. The summed E-state index contributed by atoms with van der Waals surface area (Å²) >= 11 is 0. The number of aromatic nitrogens is 1. The van der Waals surface area contributed by atoms with Gasteiger partial charge in [-0.1, -0.05) is 6.92 Å². The van der Waals surface area contributed by atoms with E-state index >= 15 is 0 Å². The van der Waals surface area contributed by atoms with E-state index < -0.39 is 11.7 Å². The third-order valence-electron chi connectivity index (χ3n) is 5.13. The Balaban J connectivity index is 0.00000208. The molecule has 1 N–H and O–H groups in total. The van der Waals surface area contributed by atoms with Gasteiger partial charge >= 0.3 is 6.18 Å². The first kappa shape index (κ1) is 19.0. The molecule has 1 atom stereocenters. The number of nitrogens with one attached hydrogen (secondary N) is 1. The number of rotatable bonds is 2. The van der Waals surface area contributed by atoms with E-state index in [-0.39, 0.29) is 35.5 Å². The molecule has 4 nitrogen and oxygen atoms in total. The fourth-order valence-electron chi connectivity index (χ4n) is 3.93. The standard InChI is InChI=1S/C16H20F3N3O.ClH/c1-2-12-14(23)22(10-15(12)4-7-20-8-5-15)13-9-11(3-6-21-13)16(17,18)19;/h3,6,9,12,20H,2,4-5,7-8,10H2,1H3;1H. The summed E-state index contributed by atoms with van der Waals surface area (Å²) in [5.74, 6) is -0.124. The number of halogens is 4. The Kier molecular flexibility index (Phi) is 5.44. The molecule has 1 amide bonds. The van der Waals surface area contributed by atoms with E-state index in [1.807, 2.05) is 6.92 Å². The van der Waals surface area contributed by atoms with E-state index in [0.29, 0.717) is 13.0 Å². The summed E-state index contributed by atoms with van der Waals surface area (Å²) < 4.78 is 38.7. The average molecular weight is 364 g/mol. The average Bonchev–Trinajstić information content (AvgIpc) is 2.79. The van der Waals surface area contributed by atoms with Crippen LogP contribution in [0.3, 0.4) is 0 Å². The Labute approximate surface area is 145 Å². The molecule has 0 bridgehead atoms. The second-order valence-corrected chi connectivity index (χ2v) is 6.40. The van der Waals surface area contributed by atoms with Gasteiger partial charge in [0.05, 0.1) is 5.56 Å². The quantitative estimate of drug-likeness (QED) is 0.877. The molecule has 2 aliphatic rings. The minimum absolute atomic E-state index is 0. The van der Waals surface area contributed by atoms with Crippen molar-refractivity contribution < 1.29 is 18.0 Å². The molecule has 3 heterocycles. The largest absolute Gasteiger partial charge is 0.416 e. The maximum Gasteiger partial charge on any atom is 0.416 e. The molecule has 1 spiro atoms. The molecule has 1 aromatic heterocycles. The van der Waals surface area contributed by atoms with Crippen molar-refractivity contribution in [3.05, 3.63) is 23.9 Å². The first-order valence-electron chi connectivity index (χ1n) is 7.93. The van der Waals surface area contributed by atoms with Crippen molar-refractivity contribution in [3.63, 3.8) is 0 Å². The van der Waals surface area contributed by atoms with Crippen molar-refractivity contribution in [1.82, 2.24) is 10.3 Å². The Morgan fingerprint density at radius 2 is 2.04 bits per heavy atom.